The number of pyridine rings is 1. The van der Waals surface area contributed by atoms with Gasteiger partial charge >= 0.3 is 0 Å². The highest BCUT2D eigenvalue weighted by Crippen LogP contribution is 2.30. The molecule has 170 valence electrons. The first-order valence-corrected chi connectivity index (χ1v) is 12.6. The van der Waals surface area contributed by atoms with Crippen LogP contribution in [0.5, 0.6) is 5.75 Å². The van der Waals surface area contributed by atoms with Crippen LogP contribution < -0.4 is 9.64 Å². The number of piperidine rings is 1. The van der Waals surface area contributed by atoms with Crippen LogP contribution in [0.25, 0.3) is 0 Å². The van der Waals surface area contributed by atoms with E-state index >= 15 is 0 Å². The van der Waals surface area contributed by atoms with Crippen molar-refractivity contribution >= 4 is 15.8 Å². The molecule has 1 aliphatic heterocycles. The van der Waals surface area contributed by atoms with E-state index in [0.717, 1.165) is 31.6 Å². The molecule has 1 aliphatic rings. The molecule has 1 fully saturated rings. The highest BCUT2D eigenvalue weighted by Gasteiger charge is 2.24. The lowest BCUT2D eigenvalue weighted by Gasteiger charge is -2.31. The molecule has 8 nitrogen and oxygen atoms in total. The van der Waals surface area contributed by atoms with Gasteiger partial charge in [0, 0.05) is 31.5 Å². The first-order valence-electron chi connectivity index (χ1n) is 10.8. The van der Waals surface area contributed by atoms with Crippen molar-refractivity contribution in [3.05, 3.63) is 59.7 Å². The Morgan fingerprint density at radius 2 is 1.84 bits per heavy atom. The third-order valence-corrected chi connectivity index (χ3v) is 6.79. The minimum atomic E-state index is -3.21. The molecule has 0 N–H and O–H groups in total. The Balaban J connectivity index is 1.29. The summed E-state index contributed by atoms with van der Waals surface area (Å²) in [6.45, 7) is 6.18. The zero-order valence-electron chi connectivity index (χ0n) is 18.6. The molecule has 4 rings (SSSR count). The second-order valence-electron chi connectivity index (χ2n) is 8.46. The second kappa shape index (κ2) is 9.28. The van der Waals surface area contributed by atoms with Gasteiger partial charge in [-0.1, -0.05) is 19.9 Å². The summed E-state index contributed by atoms with van der Waals surface area (Å²) in [5.41, 5.74) is 2.05. The van der Waals surface area contributed by atoms with Crippen molar-refractivity contribution < 1.29 is 17.7 Å². The molecule has 0 radical (unpaired) electrons. The number of sulfone groups is 1. The van der Waals surface area contributed by atoms with Crippen molar-refractivity contribution in [1.29, 1.82) is 0 Å². The van der Waals surface area contributed by atoms with E-state index in [0.29, 0.717) is 30.1 Å². The Bertz CT molecular complexity index is 1130. The molecule has 0 amide bonds. The van der Waals surface area contributed by atoms with Crippen LogP contribution in [0.4, 0.5) is 5.95 Å². The second-order valence-corrected chi connectivity index (χ2v) is 10.5. The van der Waals surface area contributed by atoms with Crippen LogP contribution in [0.1, 0.15) is 55.7 Å². The number of aromatic nitrogens is 3. The third-order valence-electron chi connectivity index (χ3n) is 5.66. The van der Waals surface area contributed by atoms with Gasteiger partial charge in [0.05, 0.1) is 10.6 Å². The van der Waals surface area contributed by atoms with E-state index < -0.39 is 9.84 Å². The smallest absolute Gasteiger partial charge is 0.266 e. The number of ether oxygens (including phenoxy) is 1. The van der Waals surface area contributed by atoms with Gasteiger partial charge in [-0.2, -0.15) is 4.98 Å². The van der Waals surface area contributed by atoms with Gasteiger partial charge < -0.3 is 14.2 Å². The zero-order valence-corrected chi connectivity index (χ0v) is 19.4. The fraction of sp³-hybridized carbons (Fsp3) is 0.435. The van der Waals surface area contributed by atoms with Gasteiger partial charge in [-0.3, -0.25) is 4.98 Å². The molecule has 1 saturated heterocycles. The molecule has 0 saturated carbocycles. The summed E-state index contributed by atoms with van der Waals surface area (Å²) in [7, 11) is -3.21. The van der Waals surface area contributed by atoms with Crippen molar-refractivity contribution in [3.8, 4) is 5.75 Å². The summed E-state index contributed by atoms with van der Waals surface area (Å²) in [6, 6.07) is 10.5. The van der Waals surface area contributed by atoms with E-state index in [1.54, 1.807) is 24.3 Å². The van der Waals surface area contributed by atoms with Crippen molar-refractivity contribution in [2.45, 2.75) is 50.0 Å². The van der Waals surface area contributed by atoms with E-state index in [2.05, 4.69) is 26.1 Å². The fourth-order valence-electron chi connectivity index (χ4n) is 3.71. The Kier molecular flexibility index (Phi) is 6.45. The SMILES string of the molecule is CC(C)c1nc(N2CCC(c3ccc(COc4ccc(S(C)(=O)=O)cc4)nc3)CC2)no1. The first-order chi connectivity index (χ1) is 15.3. The van der Waals surface area contributed by atoms with Gasteiger partial charge in [0.2, 0.25) is 5.89 Å². The lowest BCUT2D eigenvalue weighted by Crippen LogP contribution is -2.33. The van der Waals surface area contributed by atoms with Gasteiger partial charge in [-0.15, -0.1) is 0 Å². The maximum atomic E-state index is 11.5. The topological polar surface area (TPSA) is 98.4 Å². The maximum absolute atomic E-state index is 11.5. The number of anilines is 1. The summed E-state index contributed by atoms with van der Waals surface area (Å²) < 4.78 is 34.1. The molecule has 1 aromatic carbocycles. The van der Waals surface area contributed by atoms with Gasteiger partial charge in [0.15, 0.2) is 9.84 Å². The van der Waals surface area contributed by atoms with Gasteiger partial charge in [0.1, 0.15) is 12.4 Å². The fourth-order valence-corrected chi connectivity index (χ4v) is 4.34. The van der Waals surface area contributed by atoms with Crippen molar-refractivity contribution in [2.75, 3.05) is 24.2 Å². The molecule has 9 heteroatoms. The number of benzene rings is 1. The van der Waals surface area contributed by atoms with Crippen LogP contribution >= 0.6 is 0 Å². The molecule has 3 aromatic rings. The summed E-state index contributed by atoms with van der Waals surface area (Å²) in [5.74, 6) is 2.65. The number of hydrogen-bond donors (Lipinski definition) is 0. The predicted molar refractivity (Wildman–Crippen MR) is 121 cm³/mol. The summed E-state index contributed by atoms with van der Waals surface area (Å²) >= 11 is 0. The Morgan fingerprint density at radius 1 is 1.12 bits per heavy atom. The van der Waals surface area contributed by atoms with Crippen LogP contribution in [-0.2, 0) is 16.4 Å². The minimum Gasteiger partial charge on any atom is -0.487 e. The van der Waals surface area contributed by atoms with Crippen LogP contribution in [-0.4, -0.2) is 42.9 Å². The largest absolute Gasteiger partial charge is 0.487 e. The molecule has 0 spiro atoms. The Labute approximate surface area is 188 Å². The van der Waals surface area contributed by atoms with Gasteiger partial charge in [-0.25, -0.2) is 8.42 Å². The van der Waals surface area contributed by atoms with Crippen molar-refractivity contribution in [3.63, 3.8) is 0 Å². The Hall–Kier alpha value is -2.94. The van der Waals surface area contributed by atoms with Crippen molar-refractivity contribution in [2.24, 2.45) is 0 Å². The minimum absolute atomic E-state index is 0.231. The third kappa shape index (κ3) is 5.27. The number of hydrogen-bond acceptors (Lipinski definition) is 8. The molecule has 0 aliphatic carbocycles. The van der Waals surface area contributed by atoms with Crippen LogP contribution in [0, 0.1) is 0 Å². The van der Waals surface area contributed by atoms with E-state index in [4.69, 9.17) is 9.26 Å². The van der Waals surface area contributed by atoms with Gasteiger partial charge in [0.25, 0.3) is 5.95 Å². The van der Waals surface area contributed by atoms with E-state index in [1.165, 1.54) is 11.8 Å². The van der Waals surface area contributed by atoms with Crippen LogP contribution in [0.15, 0.2) is 52.0 Å². The molecular weight excluding hydrogens is 428 g/mol. The highest BCUT2D eigenvalue weighted by molar-refractivity contribution is 7.90. The summed E-state index contributed by atoms with van der Waals surface area (Å²) in [4.78, 5) is 11.5. The molecule has 32 heavy (non-hydrogen) atoms. The molecule has 0 unspecified atom stereocenters. The average molecular weight is 457 g/mol. The molecule has 3 heterocycles. The lowest BCUT2D eigenvalue weighted by atomic mass is 9.90. The standard InChI is InChI=1S/C23H28N4O4S/c1-16(2)22-25-23(26-31-22)27-12-10-17(11-13-27)18-4-5-19(24-14-18)15-30-20-6-8-21(9-7-20)32(3,28)29/h4-9,14,16-17H,10-13,15H2,1-3H3. The number of nitrogens with zero attached hydrogens (tertiary/aromatic N) is 4. The zero-order chi connectivity index (χ0) is 22.7. The van der Waals surface area contributed by atoms with E-state index in [-0.39, 0.29) is 10.8 Å². The summed E-state index contributed by atoms with van der Waals surface area (Å²) in [6.07, 6.45) is 5.13. The molecule has 0 atom stereocenters. The highest BCUT2D eigenvalue weighted by atomic mass is 32.2. The summed E-state index contributed by atoms with van der Waals surface area (Å²) in [5, 5.41) is 4.12. The normalized spacial score (nSPS) is 15.3. The molecule has 0 bridgehead atoms. The monoisotopic (exact) mass is 456 g/mol. The molecular formula is C23H28N4O4S. The first kappa shape index (κ1) is 22.3. The number of rotatable bonds is 7. The maximum Gasteiger partial charge on any atom is 0.266 e. The quantitative estimate of drug-likeness (QED) is 0.527. The Morgan fingerprint density at radius 3 is 2.41 bits per heavy atom. The lowest BCUT2D eigenvalue weighted by molar-refractivity contribution is 0.301. The average Bonchev–Trinajstić information content (AvgIpc) is 3.29. The van der Waals surface area contributed by atoms with Crippen LogP contribution in [0.3, 0.4) is 0 Å². The van der Waals surface area contributed by atoms with Crippen LogP contribution in [0.2, 0.25) is 0 Å². The van der Waals surface area contributed by atoms with E-state index in [1.807, 2.05) is 26.1 Å². The van der Waals surface area contributed by atoms with Crippen molar-refractivity contribution in [1.82, 2.24) is 15.1 Å². The van der Waals surface area contributed by atoms with Gasteiger partial charge in [-0.05, 0) is 59.8 Å². The predicted octanol–water partition coefficient (Wildman–Crippen LogP) is 3.95. The molecule has 2 aromatic heterocycles. The van der Waals surface area contributed by atoms with E-state index in [9.17, 15) is 8.42 Å².